The van der Waals surface area contributed by atoms with Crippen LogP contribution >= 0.6 is 0 Å². The van der Waals surface area contributed by atoms with E-state index in [4.69, 9.17) is 4.74 Å². The van der Waals surface area contributed by atoms with E-state index in [1.54, 1.807) is 0 Å². The second-order valence-corrected chi connectivity index (χ2v) is 3.25. The number of hydrogen-bond donors (Lipinski definition) is 1. The number of rotatable bonds is 3. The Hall–Kier alpha value is -1.86. The van der Waals surface area contributed by atoms with Gasteiger partial charge in [-0.25, -0.2) is 0 Å². The second-order valence-electron chi connectivity index (χ2n) is 3.25. The molecule has 0 saturated carbocycles. The van der Waals surface area contributed by atoms with Crippen LogP contribution < -0.4 is 10.1 Å². The molecule has 1 rings (SSSR count). The van der Waals surface area contributed by atoms with Gasteiger partial charge in [0, 0.05) is 5.69 Å². The molecule has 0 aliphatic rings. The number of anilines is 1. The van der Waals surface area contributed by atoms with Crippen LogP contribution in [0.25, 0.3) is 0 Å². The third kappa shape index (κ3) is 2.88. The summed E-state index contributed by atoms with van der Waals surface area (Å²) >= 11 is 0. The lowest BCUT2D eigenvalue weighted by Gasteiger charge is -2.18. The van der Waals surface area contributed by atoms with E-state index >= 15 is 0 Å². The maximum absolute atomic E-state index is 12.6. The summed E-state index contributed by atoms with van der Waals surface area (Å²) in [4.78, 5) is 10.8. The van der Waals surface area contributed by atoms with Crippen LogP contribution in [-0.4, -0.2) is 25.1 Å². The highest BCUT2D eigenvalue weighted by molar-refractivity contribution is 5.96. The van der Waals surface area contributed by atoms with Crippen LogP contribution in [0.5, 0.6) is 5.75 Å². The molecule has 100 valence electrons. The van der Waals surface area contributed by atoms with Crippen molar-refractivity contribution in [3.8, 4) is 5.75 Å². The third-order valence-corrected chi connectivity index (χ3v) is 1.99. The van der Waals surface area contributed by atoms with Crippen molar-refractivity contribution in [3.63, 3.8) is 0 Å². The molecule has 0 unspecified atom stereocenters. The van der Waals surface area contributed by atoms with Gasteiger partial charge in [-0.1, -0.05) is 0 Å². The smallest absolute Gasteiger partial charge is 0.463 e. The highest BCUT2D eigenvalue weighted by Gasteiger charge is 2.63. The molecule has 0 bridgehead atoms. The molecule has 1 aromatic rings. The molecular weight excluding hydrogens is 261 g/mol. The van der Waals surface area contributed by atoms with Crippen LogP contribution in [0.1, 0.15) is 0 Å². The topological polar surface area (TPSA) is 38.3 Å². The minimum Gasteiger partial charge on any atom is -0.497 e. The molecule has 1 amide bonds. The lowest BCUT2D eigenvalue weighted by atomic mass is 10.2. The van der Waals surface area contributed by atoms with E-state index in [0.717, 1.165) is 12.1 Å². The number of hydrogen-bond acceptors (Lipinski definition) is 2. The van der Waals surface area contributed by atoms with Gasteiger partial charge in [0.1, 0.15) is 5.75 Å². The van der Waals surface area contributed by atoms with Crippen molar-refractivity contribution in [1.82, 2.24) is 0 Å². The lowest BCUT2D eigenvalue weighted by molar-refractivity contribution is -0.267. The Morgan fingerprint density at radius 3 is 2.00 bits per heavy atom. The highest BCUT2D eigenvalue weighted by Crippen LogP contribution is 2.36. The zero-order valence-corrected chi connectivity index (χ0v) is 9.02. The average Bonchev–Trinajstić information content (AvgIpc) is 2.28. The molecule has 0 aliphatic heterocycles. The number of carbonyl (C=O) groups is 1. The van der Waals surface area contributed by atoms with E-state index < -0.39 is 18.0 Å². The summed E-state index contributed by atoms with van der Waals surface area (Å²) in [6, 6.07) is 4.90. The van der Waals surface area contributed by atoms with E-state index in [1.807, 2.05) is 0 Å². The molecule has 1 aromatic carbocycles. The normalized spacial score (nSPS) is 12.1. The number of halogens is 5. The predicted octanol–water partition coefficient (Wildman–Crippen LogP) is 2.83. The van der Waals surface area contributed by atoms with Gasteiger partial charge in [-0.2, -0.15) is 22.0 Å². The fourth-order valence-corrected chi connectivity index (χ4v) is 1.01. The standard InChI is InChI=1S/C10H8F5NO2/c1-18-7-4-2-6(3-5-7)16-8(17)9(11,12)10(13,14)15/h2-5H,1H3,(H,16,17). The minimum absolute atomic E-state index is 0.190. The quantitative estimate of drug-likeness (QED) is 0.857. The van der Waals surface area contributed by atoms with Gasteiger partial charge in [0.05, 0.1) is 7.11 Å². The van der Waals surface area contributed by atoms with Crippen molar-refractivity contribution in [2.75, 3.05) is 12.4 Å². The van der Waals surface area contributed by atoms with E-state index in [1.165, 1.54) is 24.6 Å². The van der Waals surface area contributed by atoms with Crippen LogP contribution in [0.15, 0.2) is 24.3 Å². The van der Waals surface area contributed by atoms with Gasteiger partial charge in [0.2, 0.25) is 0 Å². The summed E-state index contributed by atoms with van der Waals surface area (Å²) in [6.07, 6.45) is -5.93. The molecule has 0 saturated heterocycles. The molecule has 0 aliphatic carbocycles. The molecule has 0 heterocycles. The summed E-state index contributed by atoms with van der Waals surface area (Å²) in [5, 5.41) is 1.48. The van der Waals surface area contributed by atoms with Crippen LogP contribution in [-0.2, 0) is 4.79 Å². The number of ether oxygens (including phenoxy) is 1. The predicted molar refractivity (Wildman–Crippen MR) is 52.6 cm³/mol. The van der Waals surface area contributed by atoms with Crippen LogP contribution in [0.3, 0.4) is 0 Å². The molecule has 8 heteroatoms. The zero-order chi connectivity index (χ0) is 14.0. The molecule has 0 radical (unpaired) electrons. The molecule has 0 fully saturated rings. The Bertz CT molecular complexity index is 427. The highest BCUT2D eigenvalue weighted by atomic mass is 19.4. The Kier molecular flexibility index (Phi) is 3.78. The lowest BCUT2D eigenvalue weighted by Crippen LogP contribution is -2.47. The van der Waals surface area contributed by atoms with E-state index in [-0.39, 0.29) is 5.69 Å². The van der Waals surface area contributed by atoms with Gasteiger partial charge < -0.3 is 10.1 Å². The number of carbonyl (C=O) groups excluding carboxylic acids is 1. The fourth-order valence-electron chi connectivity index (χ4n) is 1.01. The first-order valence-electron chi connectivity index (χ1n) is 4.58. The minimum atomic E-state index is -5.93. The maximum atomic E-state index is 12.6. The van der Waals surface area contributed by atoms with Gasteiger partial charge in [-0.3, -0.25) is 4.79 Å². The monoisotopic (exact) mass is 269 g/mol. The van der Waals surface area contributed by atoms with Gasteiger partial charge in [0.15, 0.2) is 0 Å². The Morgan fingerprint density at radius 1 is 1.11 bits per heavy atom. The zero-order valence-electron chi connectivity index (χ0n) is 9.02. The largest absolute Gasteiger partial charge is 0.497 e. The number of amides is 1. The van der Waals surface area contributed by atoms with Crippen molar-refractivity contribution in [2.45, 2.75) is 12.1 Å². The van der Waals surface area contributed by atoms with Crippen molar-refractivity contribution < 1.29 is 31.5 Å². The molecule has 0 aromatic heterocycles. The van der Waals surface area contributed by atoms with Crippen molar-refractivity contribution in [3.05, 3.63) is 24.3 Å². The molecule has 0 atom stereocenters. The maximum Gasteiger partial charge on any atom is 0.463 e. The third-order valence-electron chi connectivity index (χ3n) is 1.99. The Morgan fingerprint density at radius 2 is 1.61 bits per heavy atom. The van der Waals surface area contributed by atoms with Crippen molar-refractivity contribution in [1.29, 1.82) is 0 Å². The number of nitrogens with one attached hydrogen (secondary N) is 1. The average molecular weight is 269 g/mol. The summed E-state index contributed by atoms with van der Waals surface area (Å²) in [6.45, 7) is 0. The van der Waals surface area contributed by atoms with Crippen molar-refractivity contribution in [2.24, 2.45) is 0 Å². The summed E-state index contributed by atoms with van der Waals surface area (Å²) in [7, 11) is 1.35. The number of methoxy groups -OCH3 is 1. The second kappa shape index (κ2) is 4.79. The van der Waals surface area contributed by atoms with Crippen LogP contribution in [0.4, 0.5) is 27.6 Å². The van der Waals surface area contributed by atoms with E-state index in [2.05, 4.69) is 0 Å². The fraction of sp³-hybridized carbons (Fsp3) is 0.300. The van der Waals surface area contributed by atoms with E-state index in [9.17, 15) is 26.7 Å². The van der Waals surface area contributed by atoms with Gasteiger partial charge >= 0.3 is 18.0 Å². The van der Waals surface area contributed by atoms with Crippen LogP contribution in [0.2, 0.25) is 0 Å². The van der Waals surface area contributed by atoms with Crippen molar-refractivity contribution >= 4 is 11.6 Å². The number of alkyl halides is 5. The Labute approximate surface area is 98.5 Å². The first kappa shape index (κ1) is 14.2. The van der Waals surface area contributed by atoms with Crippen LogP contribution in [0, 0.1) is 0 Å². The molecular formula is C10H8F5NO2. The summed E-state index contributed by atoms with van der Waals surface area (Å²) in [5.74, 6) is -7.50. The van der Waals surface area contributed by atoms with E-state index in [0.29, 0.717) is 5.75 Å². The van der Waals surface area contributed by atoms with Gasteiger partial charge in [-0.15, -0.1) is 0 Å². The molecule has 3 nitrogen and oxygen atoms in total. The first-order chi connectivity index (χ1) is 8.18. The Balaban J connectivity index is 2.81. The van der Waals surface area contributed by atoms with Gasteiger partial charge in [-0.05, 0) is 24.3 Å². The first-order valence-corrected chi connectivity index (χ1v) is 4.58. The summed E-state index contributed by atoms with van der Waals surface area (Å²) in [5.41, 5.74) is -0.190. The SMILES string of the molecule is COc1ccc(NC(=O)C(F)(F)C(F)(F)F)cc1. The molecule has 1 N–H and O–H groups in total. The molecule has 18 heavy (non-hydrogen) atoms. The molecule has 0 spiro atoms. The number of benzene rings is 1. The van der Waals surface area contributed by atoms with Gasteiger partial charge in [0.25, 0.3) is 0 Å². The summed E-state index contributed by atoms with van der Waals surface area (Å²) < 4.78 is 65.6.